The first-order valence-electron chi connectivity index (χ1n) is 23.5. The second-order valence-electron chi connectivity index (χ2n) is 18.8. The molecular formula is C68H38Cr. The Kier molecular flexibility index (Phi) is 8.87. The molecule has 0 aliphatic carbocycles. The van der Waals surface area contributed by atoms with E-state index in [1.54, 1.807) is 0 Å². The van der Waals surface area contributed by atoms with Crippen molar-refractivity contribution in [1.82, 2.24) is 0 Å². The number of benzene rings is 16. The Bertz CT molecular complexity index is 4490. The zero-order valence-electron chi connectivity index (χ0n) is 37.3. The fourth-order valence-corrected chi connectivity index (χ4v) is 11.2. The SMILES string of the molecule is [Cr+2].[c-]1cccc2cc3cc4ccc5cc6cc7cc8ccccc8cc7cc6cc5c4cc3cc12.[c-]1cccc2cc3cc4ccc5cc6cc7cc8ccccc8cc7cc6cc5c4cc3cc12. The maximum absolute atomic E-state index is 3.38. The smallest absolute Gasteiger partial charge is 0.147 e. The van der Waals surface area contributed by atoms with Crippen LogP contribution in [0.1, 0.15) is 0 Å². The fourth-order valence-electron chi connectivity index (χ4n) is 11.2. The minimum Gasteiger partial charge on any atom is -0.147 e. The summed E-state index contributed by atoms with van der Waals surface area (Å²) in [6, 6.07) is 91.9. The normalized spacial score (nSPS) is 11.9. The van der Waals surface area contributed by atoms with Gasteiger partial charge in [0.15, 0.2) is 0 Å². The molecule has 0 heterocycles. The number of hydrogen-bond donors (Lipinski definition) is 0. The van der Waals surface area contributed by atoms with Crippen LogP contribution in [0.4, 0.5) is 0 Å². The molecule has 0 nitrogen and oxygen atoms in total. The average Bonchev–Trinajstić information content (AvgIpc) is 3.37. The van der Waals surface area contributed by atoms with Gasteiger partial charge >= 0.3 is 17.4 Å². The Morgan fingerprint density at radius 2 is 0.391 bits per heavy atom. The molecule has 0 aliphatic rings. The topological polar surface area (TPSA) is 0 Å². The first-order valence-corrected chi connectivity index (χ1v) is 23.5. The van der Waals surface area contributed by atoms with Crippen molar-refractivity contribution in [3.05, 3.63) is 243 Å². The quantitative estimate of drug-likeness (QED) is 0.0808. The molecule has 69 heavy (non-hydrogen) atoms. The van der Waals surface area contributed by atoms with E-state index < -0.39 is 0 Å². The van der Waals surface area contributed by atoms with Crippen LogP contribution in [0, 0.1) is 12.1 Å². The summed E-state index contributed by atoms with van der Waals surface area (Å²) >= 11 is 0. The van der Waals surface area contributed by atoms with Crippen LogP contribution in [0.15, 0.2) is 231 Å². The Labute approximate surface area is 408 Å². The Balaban J connectivity index is 0.000000128. The maximum Gasteiger partial charge on any atom is 2.00 e. The zero-order valence-corrected chi connectivity index (χ0v) is 38.6. The summed E-state index contributed by atoms with van der Waals surface area (Å²) in [4.78, 5) is 0. The van der Waals surface area contributed by atoms with E-state index in [9.17, 15) is 0 Å². The van der Waals surface area contributed by atoms with Gasteiger partial charge in [0.2, 0.25) is 0 Å². The van der Waals surface area contributed by atoms with Gasteiger partial charge < -0.3 is 0 Å². The average molecular weight is 907 g/mol. The molecule has 16 aromatic carbocycles. The van der Waals surface area contributed by atoms with Crippen molar-refractivity contribution in [2.75, 3.05) is 0 Å². The molecule has 0 saturated heterocycles. The second kappa shape index (κ2) is 15.4. The van der Waals surface area contributed by atoms with E-state index in [1.807, 2.05) is 12.1 Å². The molecular weight excluding hydrogens is 869 g/mol. The number of hydrogen-bond acceptors (Lipinski definition) is 0. The van der Waals surface area contributed by atoms with Crippen LogP contribution in [0.5, 0.6) is 0 Å². The first kappa shape index (κ1) is 39.8. The van der Waals surface area contributed by atoms with Crippen molar-refractivity contribution in [2.24, 2.45) is 0 Å². The third-order valence-electron chi connectivity index (χ3n) is 14.7. The zero-order chi connectivity index (χ0) is 44.5. The largest absolute Gasteiger partial charge is 2.00 e. The molecule has 0 aromatic heterocycles. The molecule has 0 fully saturated rings. The molecule has 0 N–H and O–H groups in total. The predicted octanol–water partition coefficient (Wildman–Crippen LogP) is 19.1. The minimum absolute atomic E-state index is 0. The van der Waals surface area contributed by atoms with E-state index in [-0.39, 0.29) is 17.4 Å². The molecule has 316 valence electrons. The Hall–Kier alpha value is -8.31. The standard InChI is InChI=1S/2C34H19.Cr/c2*1-2-7-23-13-29-18-32-20-34-26(16-30(32)17-28(29)12-22(23)6-1)10-9-25-15-27-11-21-5-3-4-8-24(21)14-31(27)19-33(25)34;/h2*1-7,9-20H;/q2*-1;+2. The third kappa shape index (κ3) is 6.59. The van der Waals surface area contributed by atoms with Gasteiger partial charge in [0.05, 0.1) is 0 Å². The van der Waals surface area contributed by atoms with Crippen molar-refractivity contribution in [1.29, 1.82) is 0 Å². The van der Waals surface area contributed by atoms with Gasteiger partial charge in [-0.3, -0.25) is 0 Å². The summed E-state index contributed by atoms with van der Waals surface area (Å²) in [5.74, 6) is 0. The van der Waals surface area contributed by atoms with Crippen molar-refractivity contribution in [3.8, 4) is 0 Å². The molecule has 0 aliphatic heterocycles. The maximum atomic E-state index is 3.38. The molecule has 0 bridgehead atoms. The summed E-state index contributed by atoms with van der Waals surface area (Å²) in [5.41, 5.74) is 0. The predicted molar refractivity (Wildman–Crippen MR) is 296 cm³/mol. The van der Waals surface area contributed by atoms with E-state index in [2.05, 4.69) is 231 Å². The van der Waals surface area contributed by atoms with Crippen LogP contribution >= 0.6 is 0 Å². The molecule has 0 atom stereocenters. The molecule has 0 radical (unpaired) electrons. The summed E-state index contributed by atoms with van der Waals surface area (Å²) < 4.78 is 0. The Morgan fingerprint density at radius 3 is 0.696 bits per heavy atom. The molecule has 0 saturated carbocycles. The monoisotopic (exact) mass is 906 g/mol. The van der Waals surface area contributed by atoms with Gasteiger partial charge in [0, 0.05) is 0 Å². The van der Waals surface area contributed by atoms with Crippen molar-refractivity contribution in [2.45, 2.75) is 0 Å². The number of fused-ring (bicyclic) bond motifs is 16. The summed E-state index contributed by atoms with van der Waals surface area (Å²) in [5, 5.41) is 35.7. The molecule has 0 unspecified atom stereocenters. The summed E-state index contributed by atoms with van der Waals surface area (Å²) in [6.45, 7) is 0. The van der Waals surface area contributed by atoms with Gasteiger partial charge in [0.1, 0.15) is 0 Å². The van der Waals surface area contributed by atoms with Crippen LogP contribution in [0.25, 0.3) is 151 Å². The number of rotatable bonds is 0. The summed E-state index contributed by atoms with van der Waals surface area (Å²) in [6.07, 6.45) is 0. The Morgan fingerprint density at radius 1 is 0.174 bits per heavy atom. The van der Waals surface area contributed by atoms with Gasteiger partial charge in [-0.1, -0.05) is 108 Å². The second-order valence-corrected chi connectivity index (χ2v) is 18.8. The van der Waals surface area contributed by atoms with E-state index in [0.717, 1.165) is 0 Å². The van der Waals surface area contributed by atoms with E-state index >= 15 is 0 Å². The van der Waals surface area contributed by atoms with Crippen molar-refractivity contribution in [3.63, 3.8) is 0 Å². The summed E-state index contributed by atoms with van der Waals surface area (Å²) in [7, 11) is 0. The van der Waals surface area contributed by atoms with Crippen LogP contribution in [0.2, 0.25) is 0 Å². The third-order valence-corrected chi connectivity index (χ3v) is 14.7. The molecule has 0 spiro atoms. The van der Waals surface area contributed by atoms with Gasteiger partial charge in [-0.05, 0) is 203 Å². The van der Waals surface area contributed by atoms with E-state index in [1.165, 1.54) is 151 Å². The van der Waals surface area contributed by atoms with Crippen LogP contribution in [-0.2, 0) is 17.4 Å². The van der Waals surface area contributed by atoms with Crippen LogP contribution in [0.3, 0.4) is 0 Å². The van der Waals surface area contributed by atoms with E-state index in [0.29, 0.717) is 0 Å². The van der Waals surface area contributed by atoms with Gasteiger partial charge in [-0.2, -0.15) is 0 Å². The molecule has 16 rings (SSSR count). The molecule has 0 amide bonds. The first-order chi connectivity index (χ1) is 33.6. The van der Waals surface area contributed by atoms with Crippen LogP contribution < -0.4 is 0 Å². The fraction of sp³-hybridized carbons (Fsp3) is 0. The van der Waals surface area contributed by atoms with Crippen molar-refractivity contribution >= 4 is 151 Å². The van der Waals surface area contributed by atoms with Crippen molar-refractivity contribution < 1.29 is 17.4 Å². The molecule has 1 heteroatoms. The minimum atomic E-state index is 0. The van der Waals surface area contributed by atoms with E-state index in [4.69, 9.17) is 0 Å². The molecule has 16 aromatic rings. The van der Waals surface area contributed by atoms with Gasteiger partial charge in [-0.15, -0.1) is 82.2 Å². The van der Waals surface area contributed by atoms with Crippen LogP contribution in [-0.4, -0.2) is 0 Å². The van der Waals surface area contributed by atoms with Gasteiger partial charge in [0.25, 0.3) is 0 Å². The van der Waals surface area contributed by atoms with Gasteiger partial charge in [-0.25, -0.2) is 0 Å².